The third-order valence-corrected chi connectivity index (χ3v) is 3.31. The molecule has 22 heavy (non-hydrogen) atoms. The molecule has 0 spiro atoms. The van der Waals surface area contributed by atoms with Gasteiger partial charge in [-0.15, -0.1) is 0 Å². The van der Waals surface area contributed by atoms with Crippen LogP contribution in [0.1, 0.15) is 10.4 Å². The number of carboxylic acids is 1. The Kier molecular flexibility index (Phi) is 3.42. The van der Waals surface area contributed by atoms with Crippen LogP contribution in [0.4, 0.5) is 8.78 Å². The first-order valence-corrected chi connectivity index (χ1v) is 6.38. The Hall–Kier alpha value is -3.02. The number of aromatic nitrogens is 2. The molecule has 2 aromatic carbocycles. The number of benzene rings is 2. The van der Waals surface area contributed by atoms with Crippen LogP contribution in [0.5, 0.6) is 0 Å². The Morgan fingerprint density at radius 3 is 2.09 bits per heavy atom. The first-order valence-electron chi connectivity index (χ1n) is 6.38. The number of halogens is 2. The molecule has 0 aliphatic carbocycles. The highest BCUT2D eigenvalue weighted by Gasteiger charge is 2.14. The van der Waals surface area contributed by atoms with Crippen LogP contribution in [0.3, 0.4) is 0 Å². The van der Waals surface area contributed by atoms with Gasteiger partial charge in [0.2, 0.25) is 0 Å². The van der Waals surface area contributed by atoms with E-state index in [0.717, 1.165) is 12.1 Å². The average molecular weight is 300 g/mol. The van der Waals surface area contributed by atoms with Crippen LogP contribution in [0.15, 0.2) is 48.8 Å². The highest BCUT2D eigenvalue weighted by atomic mass is 19.1. The first-order chi connectivity index (χ1) is 10.6. The molecule has 0 atom stereocenters. The van der Waals surface area contributed by atoms with E-state index in [0.29, 0.717) is 11.1 Å². The van der Waals surface area contributed by atoms with Gasteiger partial charge >= 0.3 is 5.97 Å². The monoisotopic (exact) mass is 300 g/mol. The molecule has 0 aliphatic rings. The maximum absolute atomic E-state index is 14.3. The number of rotatable bonds is 3. The summed E-state index contributed by atoms with van der Waals surface area (Å²) in [6, 6.07) is 7.77. The molecule has 1 aromatic heterocycles. The second-order valence-corrected chi connectivity index (χ2v) is 4.68. The summed E-state index contributed by atoms with van der Waals surface area (Å²) in [6.07, 6.45) is 2.87. The van der Waals surface area contributed by atoms with Crippen molar-refractivity contribution in [2.45, 2.75) is 0 Å². The number of carbonyl (C=O) groups is 1. The van der Waals surface area contributed by atoms with Crippen molar-refractivity contribution in [3.63, 3.8) is 0 Å². The predicted molar refractivity (Wildman–Crippen MR) is 76.3 cm³/mol. The molecule has 0 radical (unpaired) electrons. The third-order valence-electron chi connectivity index (χ3n) is 3.31. The zero-order valence-electron chi connectivity index (χ0n) is 11.2. The summed E-state index contributed by atoms with van der Waals surface area (Å²) in [5.74, 6) is -2.26. The van der Waals surface area contributed by atoms with Crippen LogP contribution in [-0.4, -0.2) is 21.3 Å². The highest BCUT2D eigenvalue weighted by Crippen LogP contribution is 2.30. The summed E-state index contributed by atoms with van der Waals surface area (Å²) < 4.78 is 28.4. The van der Waals surface area contributed by atoms with Gasteiger partial charge in [0.1, 0.15) is 11.6 Å². The largest absolute Gasteiger partial charge is 0.478 e. The van der Waals surface area contributed by atoms with Gasteiger partial charge in [-0.05, 0) is 29.8 Å². The van der Waals surface area contributed by atoms with E-state index in [4.69, 9.17) is 5.11 Å². The Morgan fingerprint density at radius 2 is 1.59 bits per heavy atom. The first kappa shape index (κ1) is 13.9. The molecule has 3 aromatic rings. The van der Waals surface area contributed by atoms with E-state index in [1.54, 1.807) is 0 Å². The molecule has 0 fully saturated rings. The average Bonchev–Trinajstić information content (AvgIpc) is 3.03. The van der Waals surface area contributed by atoms with Gasteiger partial charge in [-0.2, -0.15) is 5.10 Å². The zero-order valence-corrected chi connectivity index (χ0v) is 11.2. The summed E-state index contributed by atoms with van der Waals surface area (Å²) in [5, 5.41) is 15.1. The van der Waals surface area contributed by atoms with Crippen molar-refractivity contribution in [3.05, 3.63) is 66.0 Å². The molecular formula is C16H10F2N2O2. The number of nitrogens with one attached hydrogen (secondary N) is 1. The molecule has 4 nitrogen and oxygen atoms in total. The number of aromatic amines is 1. The van der Waals surface area contributed by atoms with Gasteiger partial charge in [-0.25, -0.2) is 13.6 Å². The molecule has 0 saturated carbocycles. The normalized spacial score (nSPS) is 10.6. The molecule has 0 amide bonds. The number of hydrogen-bond acceptors (Lipinski definition) is 2. The lowest BCUT2D eigenvalue weighted by atomic mass is 9.99. The Labute approximate surface area is 124 Å². The van der Waals surface area contributed by atoms with Crippen LogP contribution in [0, 0.1) is 11.6 Å². The van der Waals surface area contributed by atoms with Crippen molar-refractivity contribution < 1.29 is 18.7 Å². The number of carboxylic acid groups (broad SMARTS) is 1. The molecule has 0 bridgehead atoms. The Balaban J connectivity index is 2.05. The summed E-state index contributed by atoms with van der Waals surface area (Å²) in [5.41, 5.74) is 1.11. The fourth-order valence-corrected chi connectivity index (χ4v) is 2.18. The van der Waals surface area contributed by atoms with Gasteiger partial charge in [-0.3, -0.25) is 5.10 Å². The molecule has 6 heteroatoms. The van der Waals surface area contributed by atoms with E-state index in [9.17, 15) is 13.6 Å². The second kappa shape index (κ2) is 5.40. The van der Waals surface area contributed by atoms with Crippen LogP contribution < -0.4 is 0 Å². The minimum atomic E-state index is -1.08. The molecule has 2 N–H and O–H groups in total. The van der Waals surface area contributed by atoms with E-state index >= 15 is 0 Å². The van der Waals surface area contributed by atoms with E-state index in [2.05, 4.69) is 10.2 Å². The molecule has 1 heterocycles. The summed E-state index contributed by atoms with van der Waals surface area (Å²) >= 11 is 0. The molecule has 3 rings (SSSR count). The predicted octanol–water partition coefficient (Wildman–Crippen LogP) is 3.72. The topological polar surface area (TPSA) is 66.0 Å². The van der Waals surface area contributed by atoms with E-state index in [1.165, 1.54) is 36.7 Å². The lowest BCUT2D eigenvalue weighted by molar-refractivity contribution is 0.0697. The van der Waals surface area contributed by atoms with Gasteiger partial charge in [0.15, 0.2) is 0 Å². The minimum Gasteiger partial charge on any atom is -0.478 e. The fourth-order valence-electron chi connectivity index (χ4n) is 2.18. The maximum Gasteiger partial charge on any atom is 0.335 e. The quantitative estimate of drug-likeness (QED) is 0.774. The minimum absolute atomic E-state index is 0.0710. The van der Waals surface area contributed by atoms with Crippen molar-refractivity contribution in [2.24, 2.45) is 0 Å². The lowest BCUT2D eigenvalue weighted by Gasteiger charge is -2.08. The second-order valence-electron chi connectivity index (χ2n) is 4.68. The van der Waals surface area contributed by atoms with Gasteiger partial charge in [0, 0.05) is 22.9 Å². The van der Waals surface area contributed by atoms with E-state index < -0.39 is 17.6 Å². The standard InChI is InChI=1S/C16H10F2N2O2/c17-14-6-13(11-7-19-20-8-11)15(18)5-12(14)9-1-3-10(4-2-9)16(21)22/h1-8H,(H,19,20)(H,21,22). The number of hydrogen-bond donors (Lipinski definition) is 2. The van der Waals surface area contributed by atoms with Gasteiger partial charge < -0.3 is 5.11 Å². The van der Waals surface area contributed by atoms with Crippen molar-refractivity contribution in [1.82, 2.24) is 10.2 Å². The lowest BCUT2D eigenvalue weighted by Crippen LogP contribution is -1.96. The number of nitrogens with zero attached hydrogens (tertiary/aromatic N) is 1. The van der Waals surface area contributed by atoms with Gasteiger partial charge in [0.05, 0.1) is 11.8 Å². The maximum atomic E-state index is 14.3. The zero-order chi connectivity index (χ0) is 15.7. The smallest absolute Gasteiger partial charge is 0.335 e. The molecule has 110 valence electrons. The number of aromatic carboxylic acids is 1. The van der Waals surface area contributed by atoms with Crippen LogP contribution in [-0.2, 0) is 0 Å². The van der Waals surface area contributed by atoms with E-state index in [1.807, 2.05) is 0 Å². The van der Waals surface area contributed by atoms with Crippen molar-refractivity contribution in [1.29, 1.82) is 0 Å². The van der Waals surface area contributed by atoms with Crippen molar-refractivity contribution >= 4 is 5.97 Å². The van der Waals surface area contributed by atoms with Crippen LogP contribution >= 0.6 is 0 Å². The summed E-state index contributed by atoms with van der Waals surface area (Å²) in [4.78, 5) is 10.8. The molecule has 0 unspecified atom stereocenters. The van der Waals surface area contributed by atoms with Crippen LogP contribution in [0.25, 0.3) is 22.3 Å². The summed E-state index contributed by atoms with van der Waals surface area (Å²) in [6.45, 7) is 0. The SMILES string of the molecule is O=C(O)c1ccc(-c2cc(F)c(-c3cn[nH]c3)cc2F)cc1. The number of H-pyrrole nitrogens is 1. The third kappa shape index (κ3) is 2.46. The molecule has 0 aliphatic heterocycles. The van der Waals surface area contributed by atoms with Gasteiger partial charge in [-0.1, -0.05) is 12.1 Å². The van der Waals surface area contributed by atoms with Crippen molar-refractivity contribution in [3.8, 4) is 22.3 Å². The van der Waals surface area contributed by atoms with Gasteiger partial charge in [0.25, 0.3) is 0 Å². The van der Waals surface area contributed by atoms with E-state index in [-0.39, 0.29) is 16.7 Å². The summed E-state index contributed by atoms with van der Waals surface area (Å²) in [7, 11) is 0. The Bertz CT molecular complexity index is 828. The molecular weight excluding hydrogens is 290 g/mol. The van der Waals surface area contributed by atoms with Crippen molar-refractivity contribution in [2.75, 3.05) is 0 Å². The van der Waals surface area contributed by atoms with Crippen LogP contribution in [0.2, 0.25) is 0 Å². The molecule has 0 saturated heterocycles. The highest BCUT2D eigenvalue weighted by molar-refractivity contribution is 5.88. The fraction of sp³-hybridized carbons (Fsp3) is 0. The Morgan fingerprint density at radius 1 is 1.00 bits per heavy atom.